The molecular weight excluding hydrogens is 251 g/mol. The van der Waals surface area contributed by atoms with E-state index in [4.69, 9.17) is 0 Å². The van der Waals surface area contributed by atoms with Crippen molar-refractivity contribution < 1.29 is 18.0 Å². The zero-order valence-corrected chi connectivity index (χ0v) is 9.65. The molecule has 1 aromatic heterocycles. The van der Waals surface area contributed by atoms with Crippen molar-refractivity contribution in [1.29, 1.82) is 0 Å². The first-order chi connectivity index (χ1) is 7.85. The average molecular weight is 259 g/mol. The Kier molecular flexibility index (Phi) is 2.91. The van der Waals surface area contributed by atoms with Crippen molar-refractivity contribution in [2.45, 2.75) is 19.5 Å². The number of benzene rings is 1. The fourth-order valence-corrected chi connectivity index (χ4v) is 2.36. The van der Waals surface area contributed by atoms with Gasteiger partial charge in [0.15, 0.2) is 5.78 Å². The van der Waals surface area contributed by atoms with E-state index >= 15 is 0 Å². The van der Waals surface area contributed by atoms with Gasteiger partial charge < -0.3 is 0 Å². The van der Waals surface area contributed by atoms with E-state index in [1.54, 1.807) is 6.07 Å². The van der Waals surface area contributed by atoms with E-state index in [0.717, 1.165) is 9.71 Å². The van der Waals surface area contributed by atoms with E-state index in [-0.39, 0.29) is 5.56 Å². The molecule has 0 bridgehead atoms. The van der Waals surface area contributed by atoms with Gasteiger partial charge in [0.25, 0.3) is 0 Å². The number of aromatic nitrogens is 1. The molecule has 0 aliphatic carbocycles. The number of halogens is 3. The van der Waals surface area contributed by atoms with Crippen LogP contribution in [0.2, 0.25) is 0 Å². The van der Waals surface area contributed by atoms with E-state index < -0.39 is 18.4 Å². The molecule has 17 heavy (non-hydrogen) atoms. The second kappa shape index (κ2) is 4.10. The SMILES string of the molecule is Cc1nc2ccc(C(=O)CC(F)(F)F)cc2s1. The maximum Gasteiger partial charge on any atom is 0.396 e. The van der Waals surface area contributed by atoms with Crippen LogP contribution in [0.4, 0.5) is 13.2 Å². The van der Waals surface area contributed by atoms with E-state index in [2.05, 4.69) is 4.98 Å². The van der Waals surface area contributed by atoms with E-state index in [1.807, 2.05) is 6.92 Å². The molecule has 0 atom stereocenters. The standard InChI is InChI=1S/C11H8F3NOS/c1-6-15-8-3-2-7(4-10(8)17-6)9(16)5-11(12,13)14/h2-4H,5H2,1H3. The molecule has 0 N–H and O–H groups in total. The predicted octanol–water partition coefficient (Wildman–Crippen LogP) is 3.74. The number of hydrogen-bond donors (Lipinski definition) is 0. The van der Waals surface area contributed by atoms with Crippen LogP contribution in [0.1, 0.15) is 21.8 Å². The molecule has 0 fully saturated rings. The number of thiazole rings is 1. The lowest BCUT2D eigenvalue weighted by molar-refractivity contribution is -0.125. The molecule has 2 rings (SSSR count). The molecule has 1 aromatic carbocycles. The number of aryl methyl sites for hydroxylation is 1. The van der Waals surface area contributed by atoms with Crippen LogP contribution in [0, 0.1) is 6.92 Å². The normalized spacial score (nSPS) is 12.0. The number of alkyl halides is 3. The van der Waals surface area contributed by atoms with Crippen molar-refractivity contribution in [1.82, 2.24) is 4.98 Å². The summed E-state index contributed by atoms with van der Waals surface area (Å²) in [6, 6.07) is 4.42. The lowest BCUT2D eigenvalue weighted by atomic mass is 10.1. The minimum atomic E-state index is -4.46. The van der Waals surface area contributed by atoms with Gasteiger partial charge in [0.05, 0.1) is 15.2 Å². The van der Waals surface area contributed by atoms with Crippen molar-refractivity contribution in [2.75, 3.05) is 0 Å². The zero-order chi connectivity index (χ0) is 12.6. The minimum absolute atomic E-state index is 0.0819. The van der Waals surface area contributed by atoms with Gasteiger partial charge in [0.1, 0.15) is 6.42 Å². The van der Waals surface area contributed by atoms with Crippen LogP contribution in [0.5, 0.6) is 0 Å². The molecule has 0 saturated heterocycles. The lowest BCUT2D eigenvalue weighted by Crippen LogP contribution is -2.14. The van der Waals surface area contributed by atoms with E-state index in [0.29, 0.717) is 5.52 Å². The second-order valence-corrected chi connectivity index (χ2v) is 4.87. The highest BCUT2D eigenvalue weighted by atomic mass is 32.1. The van der Waals surface area contributed by atoms with Gasteiger partial charge in [0.2, 0.25) is 0 Å². The summed E-state index contributed by atoms with van der Waals surface area (Å²) in [4.78, 5) is 15.5. The molecule has 2 aromatic rings. The Balaban J connectivity index is 2.33. The quantitative estimate of drug-likeness (QED) is 0.769. The third kappa shape index (κ3) is 2.82. The molecule has 0 aliphatic heterocycles. The van der Waals surface area contributed by atoms with Gasteiger partial charge in [-0.25, -0.2) is 4.98 Å². The smallest absolute Gasteiger partial charge is 0.294 e. The maximum atomic E-state index is 12.1. The molecule has 0 spiro atoms. The van der Waals surface area contributed by atoms with Gasteiger partial charge in [-0.3, -0.25) is 4.79 Å². The van der Waals surface area contributed by atoms with E-state index in [1.165, 1.54) is 23.5 Å². The van der Waals surface area contributed by atoms with Crippen molar-refractivity contribution in [2.24, 2.45) is 0 Å². The molecule has 2 nitrogen and oxygen atoms in total. The topological polar surface area (TPSA) is 30.0 Å². The summed E-state index contributed by atoms with van der Waals surface area (Å²) in [5.41, 5.74) is 0.787. The molecule has 0 unspecified atom stereocenters. The van der Waals surface area contributed by atoms with Crippen LogP contribution in [-0.4, -0.2) is 16.9 Å². The van der Waals surface area contributed by atoms with Crippen molar-refractivity contribution in [3.05, 3.63) is 28.8 Å². The fraction of sp³-hybridized carbons (Fsp3) is 0.273. The molecule has 0 radical (unpaired) electrons. The monoisotopic (exact) mass is 259 g/mol. The molecule has 0 aliphatic rings. The Morgan fingerprint density at radius 1 is 1.41 bits per heavy atom. The first kappa shape index (κ1) is 12.0. The van der Waals surface area contributed by atoms with Crippen molar-refractivity contribution in [3.8, 4) is 0 Å². The summed E-state index contributed by atoms with van der Waals surface area (Å²) >= 11 is 1.36. The van der Waals surface area contributed by atoms with Gasteiger partial charge in [-0.1, -0.05) is 0 Å². The summed E-state index contributed by atoms with van der Waals surface area (Å²) in [5, 5.41) is 0.820. The molecule has 6 heteroatoms. The summed E-state index contributed by atoms with van der Waals surface area (Å²) in [5.74, 6) is -0.912. The van der Waals surface area contributed by atoms with Crippen LogP contribution in [0.15, 0.2) is 18.2 Å². The minimum Gasteiger partial charge on any atom is -0.294 e. The zero-order valence-electron chi connectivity index (χ0n) is 8.84. The number of carbonyl (C=O) groups excluding carboxylic acids is 1. The van der Waals surface area contributed by atoms with Crippen LogP contribution >= 0.6 is 11.3 Å². The fourth-order valence-electron chi connectivity index (χ4n) is 1.50. The number of hydrogen-bond acceptors (Lipinski definition) is 3. The predicted molar refractivity (Wildman–Crippen MR) is 59.4 cm³/mol. The van der Waals surface area contributed by atoms with Gasteiger partial charge >= 0.3 is 6.18 Å². The first-order valence-corrected chi connectivity index (χ1v) is 5.64. The van der Waals surface area contributed by atoms with Gasteiger partial charge in [-0.15, -0.1) is 11.3 Å². The highest BCUT2D eigenvalue weighted by Gasteiger charge is 2.31. The molecular formula is C11H8F3NOS. The average Bonchev–Trinajstić information content (AvgIpc) is 2.53. The van der Waals surface area contributed by atoms with Crippen LogP contribution in [-0.2, 0) is 0 Å². The Morgan fingerprint density at radius 3 is 2.76 bits per heavy atom. The Labute approximate surface area is 99.1 Å². The van der Waals surface area contributed by atoms with Gasteiger partial charge in [-0.05, 0) is 25.1 Å². The van der Waals surface area contributed by atoms with Gasteiger partial charge in [-0.2, -0.15) is 13.2 Å². The van der Waals surface area contributed by atoms with Crippen molar-refractivity contribution >= 4 is 27.3 Å². The number of fused-ring (bicyclic) bond motifs is 1. The summed E-state index contributed by atoms with van der Waals surface area (Å²) in [6.07, 6.45) is -5.88. The highest BCUT2D eigenvalue weighted by Crippen LogP contribution is 2.26. The molecule has 90 valence electrons. The lowest BCUT2D eigenvalue weighted by Gasteiger charge is -2.04. The van der Waals surface area contributed by atoms with Gasteiger partial charge in [0, 0.05) is 5.56 Å². The molecule has 0 amide bonds. The number of ketones is 1. The highest BCUT2D eigenvalue weighted by molar-refractivity contribution is 7.18. The Hall–Kier alpha value is -1.43. The molecule has 1 heterocycles. The van der Waals surface area contributed by atoms with Crippen LogP contribution in [0.3, 0.4) is 0 Å². The second-order valence-electron chi connectivity index (χ2n) is 3.63. The van der Waals surface area contributed by atoms with Crippen molar-refractivity contribution in [3.63, 3.8) is 0 Å². The number of rotatable bonds is 2. The molecule has 0 saturated carbocycles. The summed E-state index contributed by atoms with van der Waals surface area (Å²) < 4.78 is 37.0. The number of nitrogens with zero attached hydrogens (tertiary/aromatic N) is 1. The number of Topliss-reactive ketones (excluding diaryl/α,β-unsaturated/α-hetero) is 1. The largest absolute Gasteiger partial charge is 0.396 e. The number of carbonyl (C=O) groups is 1. The van der Waals surface area contributed by atoms with Crippen LogP contribution in [0.25, 0.3) is 10.2 Å². The summed E-state index contributed by atoms with van der Waals surface area (Å²) in [6.45, 7) is 1.81. The van der Waals surface area contributed by atoms with E-state index in [9.17, 15) is 18.0 Å². The third-order valence-corrected chi connectivity index (χ3v) is 3.11. The first-order valence-electron chi connectivity index (χ1n) is 4.82. The summed E-state index contributed by atoms with van der Waals surface area (Å²) in [7, 11) is 0. The Morgan fingerprint density at radius 2 is 2.12 bits per heavy atom. The van der Waals surface area contributed by atoms with Crippen LogP contribution < -0.4 is 0 Å². The Bertz CT molecular complexity index is 574. The maximum absolute atomic E-state index is 12.1. The third-order valence-electron chi connectivity index (χ3n) is 2.18.